The Kier molecular flexibility index (Phi) is 2.72. The van der Waals surface area contributed by atoms with E-state index in [0.29, 0.717) is 6.04 Å². The first-order valence-corrected chi connectivity index (χ1v) is 8.12. The minimum Gasteiger partial charge on any atom is -0.201 e. The quantitative estimate of drug-likeness (QED) is 0.569. The number of hydrogen-bond donors (Lipinski definition) is 0. The molecule has 2 aromatic carbocycles. The molecule has 1 heterocycles. The predicted molar refractivity (Wildman–Crippen MR) is 95.4 cm³/mol. The molecule has 1 heteroatoms. The van der Waals surface area contributed by atoms with Gasteiger partial charge in [-0.05, 0) is 40.8 Å². The molecule has 1 aliphatic carbocycles. The molecule has 0 aliphatic heterocycles. The summed E-state index contributed by atoms with van der Waals surface area (Å²) in [5.74, 6) is 0. The summed E-state index contributed by atoms with van der Waals surface area (Å²) in [5.41, 5.74) is 9.02. The van der Waals surface area contributed by atoms with Gasteiger partial charge in [0.2, 0.25) is 5.69 Å². The highest BCUT2D eigenvalue weighted by molar-refractivity contribution is 5.88. The lowest BCUT2D eigenvalue weighted by Gasteiger charge is -2.24. The van der Waals surface area contributed by atoms with Crippen molar-refractivity contribution >= 4 is 0 Å². The average Bonchev–Trinajstić information content (AvgIpc) is 2.79. The summed E-state index contributed by atoms with van der Waals surface area (Å²) in [6.07, 6.45) is 1.98. The number of pyridine rings is 1. The van der Waals surface area contributed by atoms with Crippen molar-refractivity contribution in [2.45, 2.75) is 26.2 Å². The van der Waals surface area contributed by atoms with E-state index in [-0.39, 0.29) is 5.41 Å². The van der Waals surface area contributed by atoms with Crippen LogP contribution in [0.15, 0.2) is 60.8 Å². The summed E-state index contributed by atoms with van der Waals surface area (Å²) in [5, 5.41) is 0. The Labute approximate surface area is 139 Å². The number of aryl methyl sites for hydroxylation is 2. The Morgan fingerprint density at radius 2 is 1.74 bits per heavy atom. The van der Waals surface area contributed by atoms with E-state index in [2.05, 4.69) is 68.8 Å². The van der Waals surface area contributed by atoms with Crippen LogP contribution in [0.2, 0.25) is 0 Å². The van der Waals surface area contributed by atoms with Crippen molar-refractivity contribution in [1.82, 2.24) is 0 Å². The summed E-state index contributed by atoms with van der Waals surface area (Å²) >= 11 is 0. The zero-order valence-corrected chi connectivity index (χ0v) is 14.1. The van der Waals surface area contributed by atoms with Crippen molar-refractivity contribution in [3.05, 3.63) is 77.5 Å². The highest BCUT2D eigenvalue weighted by atomic mass is 14.9. The molecule has 114 valence electrons. The first kappa shape index (κ1) is 13.1. The van der Waals surface area contributed by atoms with Crippen LogP contribution in [0.5, 0.6) is 0 Å². The van der Waals surface area contributed by atoms with E-state index in [1.807, 2.05) is 18.3 Å². The van der Waals surface area contributed by atoms with Gasteiger partial charge in [-0.3, -0.25) is 0 Å². The third-order valence-corrected chi connectivity index (χ3v) is 5.18. The summed E-state index contributed by atoms with van der Waals surface area (Å²) < 4.78 is 10.2. The van der Waals surface area contributed by atoms with E-state index in [4.69, 9.17) is 1.37 Å². The van der Waals surface area contributed by atoms with Gasteiger partial charge in [-0.25, -0.2) is 4.57 Å². The van der Waals surface area contributed by atoms with E-state index < -0.39 is 0 Å². The predicted octanol–water partition coefficient (Wildman–Crippen LogP) is 4.79. The van der Waals surface area contributed by atoms with Gasteiger partial charge in [0.15, 0.2) is 6.20 Å². The monoisotopic (exact) mass is 301 g/mol. The highest BCUT2D eigenvalue weighted by Crippen LogP contribution is 2.52. The second-order valence-electron chi connectivity index (χ2n) is 6.97. The van der Waals surface area contributed by atoms with Crippen molar-refractivity contribution in [2.75, 3.05) is 0 Å². The maximum Gasteiger partial charge on any atom is 0.212 e. The Morgan fingerprint density at radius 3 is 2.57 bits per heavy atom. The summed E-state index contributed by atoms with van der Waals surface area (Å²) in [6, 6.07) is 17.5. The first-order valence-electron chi connectivity index (χ1n) is 8.62. The second kappa shape index (κ2) is 4.79. The van der Waals surface area contributed by atoms with Crippen LogP contribution in [0.1, 0.15) is 31.9 Å². The standard InChI is InChI=1S/C22H22N/c1-15-12-13-17-16-9-5-6-10-18(16)22(2,3)21(17)20(15)19-11-7-8-14-23(19)4/h5-14H,1-4H3/q+1/i7D. The molecule has 3 aromatic rings. The molecule has 0 fully saturated rings. The fraction of sp³-hybridized carbons (Fsp3) is 0.227. The zero-order valence-electron chi connectivity index (χ0n) is 15.1. The number of hydrogen-bond acceptors (Lipinski definition) is 0. The molecule has 0 unspecified atom stereocenters. The van der Waals surface area contributed by atoms with E-state index in [1.54, 1.807) is 0 Å². The molecule has 0 saturated carbocycles. The van der Waals surface area contributed by atoms with Gasteiger partial charge in [0.1, 0.15) is 7.05 Å². The molecule has 0 amide bonds. The maximum absolute atomic E-state index is 8.06. The second-order valence-corrected chi connectivity index (χ2v) is 6.97. The lowest BCUT2D eigenvalue weighted by molar-refractivity contribution is -0.660. The number of nitrogens with zero attached hydrogens (tertiary/aromatic N) is 1. The molecule has 0 atom stereocenters. The topological polar surface area (TPSA) is 3.88 Å². The largest absolute Gasteiger partial charge is 0.212 e. The Bertz CT molecular complexity index is 970. The van der Waals surface area contributed by atoms with E-state index in [0.717, 1.165) is 5.69 Å². The van der Waals surface area contributed by atoms with Crippen LogP contribution in [0.3, 0.4) is 0 Å². The average molecular weight is 301 g/mol. The lowest BCUT2D eigenvalue weighted by atomic mass is 9.78. The Morgan fingerprint density at radius 1 is 0.957 bits per heavy atom. The molecule has 1 aromatic heterocycles. The van der Waals surface area contributed by atoms with Crippen LogP contribution in [-0.2, 0) is 12.5 Å². The molecule has 0 spiro atoms. The Balaban J connectivity index is 2.12. The molecule has 0 N–H and O–H groups in total. The summed E-state index contributed by atoms with van der Waals surface area (Å²) in [7, 11) is 2.06. The van der Waals surface area contributed by atoms with Crippen molar-refractivity contribution in [1.29, 1.82) is 0 Å². The molecule has 23 heavy (non-hydrogen) atoms. The number of rotatable bonds is 1. The fourth-order valence-corrected chi connectivity index (χ4v) is 4.02. The number of benzene rings is 2. The third-order valence-electron chi connectivity index (χ3n) is 5.18. The van der Waals surface area contributed by atoms with Crippen LogP contribution in [0, 0.1) is 6.92 Å². The van der Waals surface area contributed by atoms with E-state index in [9.17, 15) is 0 Å². The van der Waals surface area contributed by atoms with Crippen molar-refractivity contribution in [3.8, 4) is 22.4 Å². The van der Waals surface area contributed by atoms with Crippen molar-refractivity contribution in [2.24, 2.45) is 7.05 Å². The SMILES string of the molecule is [2H]c1cc[n+](C)c(-c2c(C)ccc3c2C(C)(C)c2ccccc2-3)c1. The number of fused-ring (bicyclic) bond motifs is 3. The smallest absolute Gasteiger partial charge is 0.201 e. The molecule has 4 rings (SSSR count). The molecule has 0 radical (unpaired) electrons. The Hall–Kier alpha value is -2.41. The maximum atomic E-state index is 8.06. The van der Waals surface area contributed by atoms with Crippen LogP contribution in [0.25, 0.3) is 22.4 Å². The molecule has 0 saturated heterocycles. The summed E-state index contributed by atoms with van der Waals surface area (Å²) in [4.78, 5) is 0. The fourth-order valence-electron chi connectivity index (χ4n) is 4.02. The molecule has 1 aliphatic rings. The van der Waals surface area contributed by atoms with Gasteiger partial charge in [-0.1, -0.05) is 50.2 Å². The first-order chi connectivity index (χ1) is 11.4. The van der Waals surface area contributed by atoms with Gasteiger partial charge in [0, 0.05) is 17.5 Å². The van der Waals surface area contributed by atoms with Crippen LogP contribution in [-0.4, -0.2) is 0 Å². The van der Waals surface area contributed by atoms with Crippen LogP contribution >= 0.6 is 0 Å². The van der Waals surface area contributed by atoms with E-state index in [1.165, 1.54) is 33.4 Å². The van der Waals surface area contributed by atoms with Crippen LogP contribution < -0.4 is 4.57 Å². The minimum atomic E-state index is -0.0433. The normalized spacial score (nSPS) is 15.0. The minimum absolute atomic E-state index is 0.0433. The van der Waals surface area contributed by atoms with Crippen molar-refractivity contribution in [3.63, 3.8) is 0 Å². The third kappa shape index (κ3) is 1.89. The summed E-state index contributed by atoms with van der Waals surface area (Å²) in [6.45, 7) is 6.79. The molecular formula is C22H22N+. The van der Waals surface area contributed by atoms with Crippen molar-refractivity contribution < 1.29 is 5.94 Å². The van der Waals surface area contributed by atoms with Crippen LogP contribution in [0.4, 0.5) is 0 Å². The van der Waals surface area contributed by atoms with Gasteiger partial charge in [0.25, 0.3) is 0 Å². The highest BCUT2D eigenvalue weighted by Gasteiger charge is 2.39. The van der Waals surface area contributed by atoms with Gasteiger partial charge in [-0.15, -0.1) is 0 Å². The molecule has 1 nitrogen and oxygen atoms in total. The van der Waals surface area contributed by atoms with Gasteiger partial charge in [-0.2, -0.15) is 0 Å². The van der Waals surface area contributed by atoms with Gasteiger partial charge in [0.05, 0.1) is 6.93 Å². The number of aromatic nitrogens is 1. The lowest BCUT2D eigenvalue weighted by Crippen LogP contribution is -2.31. The molecular weight excluding hydrogens is 278 g/mol. The molecule has 0 bridgehead atoms. The van der Waals surface area contributed by atoms with E-state index >= 15 is 0 Å². The van der Waals surface area contributed by atoms with Gasteiger partial charge < -0.3 is 0 Å². The zero-order chi connectivity index (χ0) is 17.1. The van der Waals surface area contributed by atoms with Gasteiger partial charge >= 0.3 is 0 Å².